The number of hydrogen-bond donors (Lipinski definition) is 3. The number of carbonyl (C=O) groups is 3. The Labute approximate surface area is 184 Å². The lowest BCUT2D eigenvalue weighted by Gasteiger charge is -2.28. The van der Waals surface area contributed by atoms with Gasteiger partial charge < -0.3 is 26.6 Å². The molecule has 1 heterocycles. The Bertz CT molecular complexity index is 852. The van der Waals surface area contributed by atoms with Gasteiger partial charge in [0.05, 0.1) is 12.2 Å². The molecule has 2 rings (SSSR count). The zero-order valence-corrected chi connectivity index (χ0v) is 18.7. The fourth-order valence-corrected chi connectivity index (χ4v) is 2.78. The topological polar surface area (TPSA) is 122 Å². The molecule has 0 bridgehead atoms. The average molecular weight is 428 g/mol. The van der Waals surface area contributed by atoms with E-state index < -0.39 is 0 Å². The minimum Gasteiger partial charge on any atom is -0.398 e. The second-order valence-corrected chi connectivity index (χ2v) is 7.67. The molecule has 1 amide bonds. The van der Waals surface area contributed by atoms with E-state index in [1.165, 1.54) is 6.08 Å². The van der Waals surface area contributed by atoms with Gasteiger partial charge in [-0.2, -0.15) is 0 Å². The lowest BCUT2D eigenvalue weighted by Crippen LogP contribution is -2.40. The van der Waals surface area contributed by atoms with Crippen LogP contribution in [0.25, 0.3) is 5.70 Å². The van der Waals surface area contributed by atoms with Crippen LogP contribution in [0.5, 0.6) is 0 Å². The van der Waals surface area contributed by atoms with Gasteiger partial charge in [0.2, 0.25) is 5.91 Å². The summed E-state index contributed by atoms with van der Waals surface area (Å²) in [5, 5.41) is 2.55. The lowest BCUT2D eigenvalue weighted by molar-refractivity contribution is -0.121. The minimum absolute atomic E-state index is 0.0584. The van der Waals surface area contributed by atoms with Gasteiger partial charge in [0.15, 0.2) is 6.29 Å². The van der Waals surface area contributed by atoms with Crippen molar-refractivity contribution in [2.45, 2.75) is 19.8 Å². The van der Waals surface area contributed by atoms with Crippen molar-refractivity contribution in [1.29, 1.82) is 0 Å². The monoisotopic (exact) mass is 427 g/mol. The number of aldehydes is 2. The molecule has 168 valence electrons. The van der Waals surface area contributed by atoms with Crippen molar-refractivity contribution >= 4 is 24.2 Å². The molecule has 31 heavy (non-hydrogen) atoms. The third-order valence-corrected chi connectivity index (χ3v) is 4.24. The molecule has 0 spiro atoms. The number of nitrogens with one attached hydrogen (secondary N) is 1. The van der Waals surface area contributed by atoms with Gasteiger partial charge >= 0.3 is 0 Å². The van der Waals surface area contributed by atoms with Gasteiger partial charge in [0.25, 0.3) is 0 Å². The van der Waals surface area contributed by atoms with Crippen LogP contribution in [-0.4, -0.2) is 62.5 Å². The summed E-state index contributed by atoms with van der Waals surface area (Å²) in [5.41, 5.74) is 15.0. The minimum atomic E-state index is -0.377. The third-order valence-electron chi connectivity index (χ3n) is 4.24. The summed E-state index contributed by atoms with van der Waals surface area (Å²) in [6, 6.07) is 7.71. The molecular formula is C23H33N5O3. The summed E-state index contributed by atoms with van der Waals surface area (Å²) in [4.78, 5) is 38.0. The number of nitrogens with two attached hydrogens (primary N) is 2. The third kappa shape index (κ3) is 9.31. The molecule has 0 unspecified atom stereocenters. The van der Waals surface area contributed by atoms with Crippen LogP contribution in [0.1, 0.15) is 24.0 Å². The van der Waals surface area contributed by atoms with Crippen molar-refractivity contribution in [2.24, 2.45) is 11.5 Å². The van der Waals surface area contributed by atoms with Crippen LogP contribution in [0.4, 0.5) is 0 Å². The van der Waals surface area contributed by atoms with Gasteiger partial charge in [-0.25, -0.2) is 0 Å². The molecule has 0 atom stereocenters. The van der Waals surface area contributed by atoms with Crippen LogP contribution >= 0.6 is 0 Å². The molecule has 0 saturated carbocycles. The van der Waals surface area contributed by atoms with E-state index in [4.69, 9.17) is 11.5 Å². The molecule has 1 aliphatic rings. The van der Waals surface area contributed by atoms with Crippen LogP contribution in [0.2, 0.25) is 0 Å². The number of aryl methyl sites for hydroxylation is 1. The van der Waals surface area contributed by atoms with Gasteiger partial charge in [-0.15, -0.1) is 0 Å². The molecule has 0 radical (unpaired) electrons. The predicted molar refractivity (Wildman–Crippen MR) is 123 cm³/mol. The van der Waals surface area contributed by atoms with E-state index >= 15 is 0 Å². The smallest absolute Gasteiger partial charge is 0.244 e. The molecule has 0 saturated heterocycles. The lowest BCUT2D eigenvalue weighted by atomic mass is 10.0. The molecule has 1 aliphatic heterocycles. The number of hydrogen-bond acceptors (Lipinski definition) is 7. The predicted octanol–water partition coefficient (Wildman–Crippen LogP) is 1.14. The van der Waals surface area contributed by atoms with Gasteiger partial charge in [-0.05, 0) is 58.6 Å². The summed E-state index contributed by atoms with van der Waals surface area (Å²) < 4.78 is 0. The SMILES string of the molecule is CN(C)C.Cc1ccc(/C(N)=C/C=C(\N)NC(=O)CN2CCCC(C=O)=C2C=O)cc1. The van der Waals surface area contributed by atoms with Crippen LogP contribution in [-0.2, 0) is 14.4 Å². The Morgan fingerprint density at radius 3 is 2.26 bits per heavy atom. The highest BCUT2D eigenvalue weighted by Gasteiger charge is 2.21. The van der Waals surface area contributed by atoms with E-state index in [2.05, 4.69) is 5.32 Å². The molecule has 0 aromatic heterocycles. The fourth-order valence-electron chi connectivity index (χ4n) is 2.78. The largest absolute Gasteiger partial charge is 0.398 e. The maximum absolute atomic E-state index is 12.2. The van der Waals surface area contributed by atoms with Gasteiger partial charge in [-0.3, -0.25) is 14.4 Å². The Kier molecular flexibility index (Phi) is 10.8. The van der Waals surface area contributed by atoms with Gasteiger partial charge in [0, 0.05) is 17.8 Å². The first-order valence-corrected chi connectivity index (χ1v) is 9.97. The summed E-state index contributed by atoms with van der Waals surface area (Å²) in [5.74, 6) is -0.239. The first-order valence-electron chi connectivity index (χ1n) is 9.97. The molecule has 1 aromatic carbocycles. The molecule has 0 fully saturated rings. The van der Waals surface area contributed by atoms with Crippen molar-refractivity contribution < 1.29 is 14.4 Å². The van der Waals surface area contributed by atoms with E-state index in [9.17, 15) is 14.4 Å². The van der Waals surface area contributed by atoms with Crippen LogP contribution in [0.3, 0.4) is 0 Å². The quantitative estimate of drug-likeness (QED) is 0.440. The molecule has 5 N–H and O–H groups in total. The average Bonchev–Trinajstić information content (AvgIpc) is 2.71. The summed E-state index contributed by atoms with van der Waals surface area (Å²) in [6.07, 6.45) is 5.65. The maximum Gasteiger partial charge on any atom is 0.244 e. The highest BCUT2D eigenvalue weighted by atomic mass is 16.2. The van der Waals surface area contributed by atoms with Crippen LogP contribution < -0.4 is 16.8 Å². The molecular weight excluding hydrogens is 394 g/mol. The number of nitrogens with zero attached hydrogens (tertiary/aromatic N) is 2. The summed E-state index contributed by atoms with van der Waals surface area (Å²) in [7, 11) is 6.00. The van der Waals surface area contributed by atoms with E-state index in [-0.39, 0.29) is 24.0 Å². The zero-order valence-electron chi connectivity index (χ0n) is 18.7. The van der Waals surface area contributed by atoms with Crippen LogP contribution in [0, 0.1) is 6.92 Å². The molecule has 8 heteroatoms. The van der Waals surface area contributed by atoms with Crippen LogP contribution in [0.15, 0.2) is 53.5 Å². The normalized spacial score (nSPS) is 14.7. The Hall–Kier alpha value is -3.39. The first kappa shape index (κ1) is 25.6. The summed E-state index contributed by atoms with van der Waals surface area (Å²) >= 11 is 0. The van der Waals surface area contributed by atoms with Gasteiger partial charge in [-0.1, -0.05) is 29.8 Å². The van der Waals surface area contributed by atoms with E-state index in [0.29, 0.717) is 43.2 Å². The standard InChI is InChI=1S/C20H24N4O3.C3H9N/c1-14-4-6-15(7-5-14)17(21)8-9-19(22)23-20(27)11-24-10-2-3-16(12-25)18(24)13-26;1-4(2)3/h4-9,12-13H,2-3,10-11,21-22H2,1H3,(H,23,27);1-3H3/b17-8-,19-9+;. The van der Waals surface area contributed by atoms with E-state index in [1.807, 2.05) is 57.2 Å². The van der Waals surface area contributed by atoms with Crippen molar-refractivity contribution in [1.82, 2.24) is 15.1 Å². The molecule has 1 aromatic rings. The molecule has 8 nitrogen and oxygen atoms in total. The Morgan fingerprint density at radius 2 is 1.71 bits per heavy atom. The Morgan fingerprint density at radius 1 is 1.10 bits per heavy atom. The number of rotatable bonds is 7. The van der Waals surface area contributed by atoms with E-state index in [0.717, 1.165) is 11.1 Å². The van der Waals surface area contributed by atoms with Crippen molar-refractivity contribution in [3.8, 4) is 0 Å². The van der Waals surface area contributed by atoms with Crippen molar-refractivity contribution in [2.75, 3.05) is 34.2 Å². The zero-order chi connectivity index (χ0) is 23.4. The van der Waals surface area contributed by atoms with Gasteiger partial charge in [0.1, 0.15) is 12.1 Å². The Balaban J connectivity index is 0.00000110. The van der Waals surface area contributed by atoms with Crippen molar-refractivity contribution in [3.05, 3.63) is 64.6 Å². The number of allylic oxidation sites excluding steroid dienone is 4. The highest BCUT2D eigenvalue weighted by molar-refractivity contribution is 5.88. The first-order chi connectivity index (χ1) is 14.7. The number of carbonyl (C=O) groups excluding carboxylic acids is 3. The number of amides is 1. The molecule has 0 aliphatic carbocycles. The highest BCUT2D eigenvalue weighted by Crippen LogP contribution is 2.19. The van der Waals surface area contributed by atoms with Crippen molar-refractivity contribution in [3.63, 3.8) is 0 Å². The summed E-state index contributed by atoms with van der Waals surface area (Å²) in [6.45, 7) is 2.46. The number of benzene rings is 1. The van der Waals surface area contributed by atoms with E-state index in [1.54, 1.807) is 11.0 Å². The maximum atomic E-state index is 12.2. The second-order valence-electron chi connectivity index (χ2n) is 7.67. The second kappa shape index (κ2) is 13.0. The fraction of sp³-hybridized carbons (Fsp3) is 0.348.